The van der Waals surface area contributed by atoms with Gasteiger partial charge in [0.1, 0.15) is 0 Å². The van der Waals surface area contributed by atoms with Gasteiger partial charge in [0.2, 0.25) is 0 Å². The minimum atomic E-state index is -1.09. The van der Waals surface area contributed by atoms with Crippen molar-refractivity contribution in [3.63, 3.8) is 0 Å². The fourth-order valence-electron chi connectivity index (χ4n) is 0.675. The van der Waals surface area contributed by atoms with E-state index in [0.29, 0.717) is 0 Å². The Balaban J connectivity index is 2.77. The highest BCUT2D eigenvalue weighted by atomic mass is 16.6. The molecule has 0 saturated heterocycles. The quantitative estimate of drug-likeness (QED) is 0.504. The van der Waals surface area contributed by atoms with Gasteiger partial charge in [-0.25, -0.2) is 0 Å². The molecule has 1 aromatic heterocycles. The molecular formula is C5H5N3O4. The van der Waals surface area contributed by atoms with Crippen LogP contribution in [0.1, 0.15) is 0 Å². The Bertz CT molecular complexity index is 318. The normalized spacial score (nSPS) is 9.67. The van der Waals surface area contributed by atoms with E-state index < -0.39 is 10.9 Å². The number of nitrogens with zero attached hydrogens (tertiary/aromatic N) is 3. The fourth-order valence-corrected chi connectivity index (χ4v) is 0.675. The van der Waals surface area contributed by atoms with E-state index in [2.05, 4.69) is 5.10 Å². The third kappa shape index (κ3) is 1.78. The lowest BCUT2D eigenvalue weighted by Crippen LogP contribution is -2.09. The number of aromatic nitrogens is 2. The van der Waals surface area contributed by atoms with Crippen molar-refractivity contribution in [2.45, 2.75) is 6.54 Å². The minimum absolute atomic E-state index is 0.351. The maximum atomic E-state index is 10.1. The van der Waals surface area contributed by atoms with Crippen LogP contribution in [0.2, 0.25) is 0 Å². The van der Waals surface area contributed by atoms with Gasteiger partial charge in [-0.3, -0.25) is 4.79 Å². The van der Waals surface area contributed by atoms with E-state index in [1.54, 1.807) is 0 Å². The lowest BCUT2D eigenvalue weighted by atomic mass is 10.6. The molecule has 64 valence electrons. The van der Waals surface area contributed by atoms with Gasteiger partial charge in [-0.1, -0.05) is 0 Å². The molecule has 0 atom stereocenters. The molecule has 7 nitrogen and oxygen atoms in total. The van der Waals surface area contributed by atoms with Crippen LogP contribution in [0.25, 0.3) is 0 Å². The van der Waals surface area contributed by atoms with Crippen molar-refractivity contribution in [3.8, 4) is 0 Å². The number of nitro groups is 1. The predicted octanol–water partition coefficient (Wildman–Crippen LogP) is -0.124. The van der Waals surface area contributed by atoms with Gasteiger partial charge in [-0.15, -0.1) is 0 Å². The molecule has 0 aliphatic rings. The Hall–Kier alpha value is -1.92. The van der Waals surface area contributed by atoms with Crippen molar-refractivity contribution >= 4 is 11.8 Å². The van der Waals surface area contributed by atoms with E-state index in [0.717, 1.165) is 10.7 Å². The minimum Gasteiger partial charge on any atom is -0.480 e. The molecule has 0 aliphatic heterocycles. The van der Waals surface area contributed by atoms with Crippen molar-refractivity contribution in [2.75, 3.05) is 0 Å². The van der Waals surface area contributed by atoms with Crippen LogP contribution in [0, 0.1) is 10.1 Å². The summed E-state index contributed by atoms with van der Waals surface area (Å²) in [5, 5.41) is 21.8. The zero-order chi connectivity index (χ0) is 9.14. The van der Waals surface area contributed by atoms with Crippen LogP contribution in [-0.4, -0.2) is 25.8 Å². The molecule has 0 bridgehead atoms. The van der Waals surface area contributed by atoms with Crippen molar-refractivity contribution < 1.29 is 14.8 Å². The van der Waals surface area contributed by atoms with Crippen LogP contribution < -0.4 is 0 Å². The monoisotopic (exact) mass is 171 g/mol. The van der Waals surface area contributed by atoms with Crippen molar-refractivity contribution in [3.05, 3.63) is 22.4 Å². The first-order valence-corrected chi connectivity index (χ1v) is 2.99. The van der Waals surface area contributed by atoms with E-state index >= 15 is 0 Å². The van der Waals surface area contributed by atoms with Crippen LogP contribution in [-0.2, 0) is 11.3 Å². The van der Waals surface area contributed by atoms with Gasteiger partial charge < -0.3 is 15.2 Å². The number of hydrogen-bond donors (Lipinski definition) is 1. The zero-order valence-corrected chi connectivity index (χ0v) is 5.88. The number of carbonyl (C=O) groups is 1. The highest BCUT2D eigenvalue weighted by Gasteiger charge is 2.11. The molecule has 0 spiro atoms. The van der Waals surface area contributed by atoms with Crippen LogP contribution in [0.4, 0.5) is 5.82 Å². The molecule has 7 heteroatoms. The van der Waals surface area contributed by atoms with Gasteiger partial charge in [-0.2, -0.15) is 4.68 Å². The van der Waals surface area contributed by atoms with Gasteiger partial charge in [0.25, 0.3) is 0 Å². The summed E-state index contributed by atoms with van der Waals surface area (Å²) >= 11 is 0. The van der Waals surface area contributed by atoms with Gasteiger partial charge in [0.15, 0.2) is 6.54 Å². The molecule has 0 unspecified atom stereocenters. The first-order chi connectivity index (χ1) is 5.59. The molecule has 1 rings (SSSR count). The highest BCUT2D eigenvalue weighted by Crippen LogP contribution is 2.04. The summed E-state index contributed by atoms with van der Waals surface area (Å²) in [6.07, 6.45) is 1.24. The maximum Gasteiger partial charge on any atom is 0.389 e. The standard InChI is InChI=1S/C5H5N3O4/c9-5(10)3-7-2-1-4(6-7)8(11)12/h1-2H,3H2,(H,9,10). The maximum absolute atomic E-state index is 10.1. The third-order valence-electron chi connectivity index (χ3n) is 1.11. The Kier molecular flexibility index (Phi) is 2.04. The number of hydrogen-bond acceptors (Lipinski definition) is 4. The van der Waals surface area contributed by atoms with Crippen LogP contribution in [0.3, 0.4) is 0 Å². The topological polar surface area (TPSA) is 98.3 Å². The Morgan fingerprint density at radius 3 is 2.92 bits per heavy atom. The number of carboxylic acids is 1. The molecule has 1 aromatic rings. The summed E-state index contributed by atoms with van der Waals surface area (Å²) in [6, 6.07) is 1.14. The van der Waals surface area contributed by atoms with Crippen LogP contribution in [0.15, 0.2) is 12.3 Å². The van der Waals surface area contributed by atoms with Gasteiger partial charge in [0.05, 0.1) is 17.4 Å². The molecule has 0 aliphatic carbocycles. The zero-order valence-electron chi connectivity index (χ0n) is 5.88. The summed E-state index contributed by atoms with van der Waals surface area (Å²) in [5.74, 6) is -1.44. The van der Waals surface area contributed by atoms with Gasteiger partial charge in [0, 0.05) is 0 Å². The average molecular weight is 171 g/mol. The second kappa shape index (κ2) is 2.99. The molecule has 0 aromatic carbocycles. The summed E-state index contributed by atoms with van der Waals surface area (Å²) in [5.41, 5.74) is 0. The van der Waals surface area contributed by atoms with Crippen LogP contribution in [0.5, 0.6) is 0 Å². The molecule has 0 fully saturated rings. The SMILES string of the molecule is O=C(O)Cn1ccc([N+](=O)[O-])n1. The summed E-state index contributed by atoms with van der Waals surface area (Å²) in [4.78, 5) is 19.5. The molecule has 0 radical (unpaired) electrons. The molecule has 12 heavy (non-hydrogen) atoms. The third-order valence-corrected chi connectivity index (χ3v) is 1.11. The average Bonchev–Trinajstić information content (AvgIpc) is 2.34. The Morgan fingerprint density at radius 2 is 2.50 bits per heavy atom. The van der Waals surface area contributed by atoms with E-state index in [1.165, 1.54) is 6.20 Å². The lowest BCUT2D eigenvalue weighted by molar-refractivity contribution is -0.389. The van der Waals surface area contributed by atoms with Crippen molar-refractivity contribution in [2.24, 2.45) is 0 Å². The molecule has 0 amide bonds. The first-order valence-electron chi connectivity index (χ1n) is 2.99. The highest BCUT2D eigenvalue weighted by molar-refractivity contribution is 5.66. The largest absolute Gasteiger partial charge is 0.480 e. The second-order valence-corrected chi connectivity index (χ2v) is 2.02. The second-order valence-electron chi connectivity index (χ2n) is 2.02. The molecule has 1 N–H and O–H groups in total. The number of aliphatic carboxylic acids is 1. The summed E-state index contributed by atoms with van der Waals surface area (Å²) < 4.78 is 0.987. The summed E-state index contributed by atoms with van der Waals surface area (Å²) in [6.45, 7) is -0.367. The number of carboxylic acid groups (broad SMARTS) is 1. The molecular weight excluding hydrogens is 166 g/mol. The summed E-state index contributed by atoms with van der Waals surface area (Å²) in [7, 11) is 0. The first kappa shape index (κ1) is 8.18. The van der Waals surface area contributed by atoms with Crippen LogP contribution >= 0.6 is 0 Å². The molecule has 1 heterocycles. The smallest absolute Gasteiger partial charge is 0.389 e. The molecule has 0 saturated carbocycles. The van der Waals surface area contributed by atoms with E-state index in [9.17, 15) is 14.9 Å². The predicted molar refractivity (Wildman–Crippen MR) is 36.5 cm³/mol. The number of rotatable bonds is 3. The van der Waals surface area contributed by atoms with Crippen molar-refractivity contribution in [1.82, 2.24) is 9.78 Å². The van der Waals surface area contributed by atoms with E-state index in [-0.39, 0.29) is 12.4 Å². The van der Waals surface area contributed by atoms with Gasteiger partial charge >= 0.3 is 11.8 Å². The Morgan fingerprint density at radius 1 is 1.83 bits per heavy atom. The Labute approximate surface area is 66.4 Å². The van der Waals surface area contributed by atoms with Gasteiger partial charge in [-0.05, 0) is 4.92 Å². The fraction of sp³-hybridized carbons (Fsp3) is 0.200. The van der Waals surface area contributed by atoms with E-state index in [1.807, 2.05) is 0 Å². The van der Waals surface area contributed by atoms with E-state index in [4.69, 9.17) is 5.11 Å². The lowest BCUT2D eigenvalue weighted by Gasteiger charge is -1.87. The van der Waals surface area contributed by atoms with Crippen molar-refractivity contribution in [1.29, 1.82) is 0 Å².